The SMILES string of the molecule is Brc1ccc(C2=CC3=CC4=NC(=CC5=NC(=CC6=NC(=C(c7ccc(Br)cc7)C2=N3)C(c2ccc(Br)cc2)=C6c2ccc(Br)cc2)C=C5)C=C4)cc1. The fraction of sp³-hybridized carbons (Fsp3) is 0. The van der Waals surface area contributed by atoms with Crippen LogP contribution < -0.4 is 0 Å². The Balaban J connectivity index is 1.43. The molecule has 0 amide bonds. The van der Waals surface area contributed by atoms with E-state index in [4.69, 9.17) is 20.0 Å². The Kier molecular flexibility index (Phi) is 8.79. The molecule has 248 valence electrons. The van der Waals surface area contributed by atoms with E-state index < -0.39 is 0 Å². The molecule has 8 heteroatoms. The number of rotatable bonds is 4. The minimum Gasteiger partial charge on any atom is -0.249 e. The van der Waals surface area contributed by atoms with E-state index in [1.807, 2.05) is 36.5 Å². The number of hydrogen-bond acceptors (Lipinski definition) is 4. The molecule has 5 heterocycles. The van der Waals surface area contributed by atoms with Gasteiger partial charge in [0.15, 0.2) is 0 Å². The maximum absolute atomic E-state index is 5.60. The minimum atomic E-state index is 0.810. The van der Waals surface area contributed by atoms with Crippen molar-refractivity contribution in [1.82, 2.24) is 0 Å². The molecule has 5 aliphatic rings. The molecule has 8 bridgehead atoms. The Labute approximate surface area is 334 Å². The summed E-state index contributed by atoms with van der Waals surface area (Å²) in [6.07, 6.45) is 16.4. The zero-order chi connectivity index (χ0) is 35.3. The van der Waals surface area contributed by atoms with Crippen molar-refractivity contribution >= 4 is 109 Å². The van der Waals surface area contributed by atoms with Crippen LogP contribution in [0, 0.1) is 0 Å². The smallest absolute Gasteiger partial charge is 0.0822 e. The molecule has 0 aliphatic carbocycles. The second-order valence-corrected chi connectivity index (χ2v) is 16.1. The summed E-state index contributed by atoms with van der Waals surface area (Å²) in [5.41, 5.74) is 14.7. The number of hydrogen-bond donors (Lipinski definition) is 0. The fourth-order valence-corrected chi connectivity index (χ4v) is 7.74. The van der Waals surface area contributed by atoms with Gasteiger partial charge in [-0.1, -0.05) is 112 Å². The van der Waals surface area contributed by atoms with E-state index >= 15 is 0 Å². The number of halogens is 4. The Bertz CT molecular complexity index is 2590. The van der Waals surface area contributed by atoms with E-state index in [1.165, 1.54) is 0 Å². The monoisotopic (exact) mass is 924 g/mol. The number of aliphatic imine (C=N–C) groups is 4. The maximum Gasteiger partial charge on any atom is 0.0822 e. The van der Waals surface area contributed by atoms with Gasteiger partial charge in [-0.2, -0.15) is 0 Å². The summed E-state index contributed by atoms with van der Waals surface area (Å²) in [6.45, 7) is 0. The molecule has 5 aliphatic heterocycles. The van der Waals surface area contributed by atoms with Gasteiger partial charge in [0.1, 0.15) is 0 Å². The highest BCUT2D eigenvalue weighted by molar-refractivity contribution is 9.11. The Morgan fingerprint density at radius 3 is 1.33 bits per heavy atom. The van der Waals surface area contributed by atoms with Crippen molar-refractivity contribution in [3.05, 3.63) is 209 Å². The summed E-state index contributed by atoms with van der Waals surface area (Å²) in [6, 6.07) is 33.7. The Morgan fingerprint density at radius 1 is 0.346 bits per heavy atom. The molecule has 0 aromatic heterocycles. The van der Waals surface area contributed by atoms with Gasteiger partial charge >= 0.3 is 0 Å². The first-order valence-electron chi connectivity index (χ1n) is 16.5. The molecule has 4 nitrogen and oxygen atoms in total. The van der Waals surface area contributed by atoms with Crippen LogP contribution in [0.1, 0.15) is 22.3 Å². The molecule has 0 saturated carbocycles. The lowest BCUT2D eigenvalue weighted by Crippen LogP contribution is -2.07. The molecule has 4 aromatic rings. The summed E-state index contributed by atoms with van der Waals surface area (Å²) in [4.78, 5) is 20.9. The fourth-order valence-electron chi connectivity index (χ4n) is 6.68. The summed E-state index contributed by atoms with van der Waals surface area (Å²) >= 11 is 14.6. The van der Waals surface area contributed by atoms with Crippen LogP contribution in [0.25, 0.3) is 22.3 Å². The second kappa shape index (κ2) is 13.7. The van der Waals surface area contributed by atoms with Gasteiger partial charge < -0.3 is 0 Å². The predicted octanol–water partition coefficient (Wildman–Crippen LogP) is 12.7. The summed E-state index contributed by atoms with van der Waals surface area (Å²) in [7, 11) is 0. The third-order valence-electron chi connectivity index (χ3n) is 9.03. The Hall–Kier alpha value is -4.60. The first kappa shape index (κ1) is 33.3. The van der Waals surface area contributed by atoms with E-state index in [0.717, 1.165) is 108 Å². The topological polar surface area (TPSA) is 49.4 Å². The van der Waals surface area contributed by atoms with Crippen LogP contribution in [0.3, 0.4) is 0 Å². The molecule has 4 aromatic carbocycles. The zero-order valence-corrected chi connectivity index (χ0v) is 33.5. The van der Waals surface area contributed by atoms with Crippen LogP contribution in [0.2, 0.25) is 0 Å². The third-order valence-corrected chi connectivity index (χ3v) is 11.1. The largest absolute Gasteiger partial charge is 0.249 e. The van der Waals surface area contributed by atoms with Crippen molar-refractivity contribution in [1.29, 1.82) is 0 Å². The highest BCUT2D eigenvalue weighted by atomic mass is 79.9. The third kappa shape index (κ3) is 6.49. The van der Waals surface area contributed by atoms with E-state index in [-0.39, 0.29) is 0 Å². The van der Waals surface area contributed by atoms with Crippen molar-refractivity contribution in [3.8, 4) is 0 Å². The van der Waals surface area contributed by atoms with Gasteiger partial charge in [0, 0.05) is 40.2 Å². The number of fused-ring (bicyclic) bond motifs is 4. The zero-order valence-electron chi connectivity index (χ0n) is 27.2. The summed E-state index contributed by atoms with van der Waals surface area (Å²) in [5.74, 6) is 0. The van der Waals surface area contributed by atoms with Crippen molar-refractivity contribution in [2.24, 2.45) is 20.0 Å². The molecule has 0 atom stereocenters. The lowest BCUT2D eigenvalue weighted by Gasteiger charge is -2.17. The van der Waals surface area contributed by atoms with Crippen LogP contribution in [0.15, 0.2) is 206 Å². The van der Waals surface area contributed by atoms with E-state index in [9.17, 15) is 0 Å². The molecular formula is C44H24Br4N4. The lowest BCUT2D eigenvalue weighted by molar-refractivity contribution is 1.41. The molecule has 0 radical (unpaired) electrons. The van der Waals surface area contributed by atoms with Crippen molar-refractivity contribution in [2.75, 3.05) is 0 Å². The van der Waals surface area contributed by atoms with Gasteiger partial charge in [-0.15, -0.1) is 0 Å². The highest BCUT2D eigenvalue weighted by Gasteiger charge is 2.33. The molecule has 52 heavy (non-hydrogen) atoms. The highest BCUT2D eigenvalue weighted by Crippen LogP contribution is 2.46. The van der Waals surface area contributed by atoms with Gasteiger partial charge in [-0.05, 0) is 119 Å². The summed E-state index contributed by atoms with van der Waals surface area (Å²) in [5, 5.41) is 0. The van der Waals surface area contributed by atoms with Crippen molar-refractivity contribution < 1.29 is 0 Å². The maximum atomic E-state index is 5.60. The normalized spacial score (nSPS) is 17.5. The molecular weight excluding hydrogens is 904 g/mol. The van der Waals surface area contributed by atoms with Crippen LogP contribution in [-0.4, -0.2) is 22.8 Å². The van der Waals surface area contributed by atoms with Gasteiger partial charge in [0.05, 0.1) is 45.6 Å². The van der Waals surface area contributed by atoms with Crippen LogP contribution >= 0.6 is 63.7 Å². The molecule has 0 unspecified atom stereocenters. The lowest BCUT2D eigenvalue weighted by atomic mass is 9.86. The van der Waals surface area contributed by atoms with E-state index in [1.54, 1.807) is 0 Å². The standard InChI is InChI=1S/C44H24Br4N4/c45-29-9-1-25(2-10-29)38-23-37-22-35-18-17-33(49-35)21-34-19-20-36(50-34)24-39-40(26-3-11-30(46)12-4-26)41(27-5-13-31(47)14-6-27)44(52-39)42(43(38)51-37)28-7-15-32(48)16-8-28/h1-24H. The van der Waals surface area contributed by atoms with E-state index in [0.29, 0.717) is 0 Å². The number of nitrogens with zero attached hydrogens (tertiary/aromatic N) is 4. The quantitative estimate of drug-likeness (QED) is 0.196. The van der Waals surface area contributed by atoms with Crippen molar-refractivity contribution in [3.63, 3.8) is 0 Å². The van der Waals surface area contributed by atoms with Gasteiger partial charge in [0.2, 0.25) is 0 Å². The number of benzene rings is 4. The molecule has 9 rings (SSSR count). The van der Waals surface area contributed by atoms with Crippen LogP contribution in [0.4, 0.5) is 0 Å². The van der Waals surface area contributed by atoms with Crippen LogP contribution in [-0.2, 0) is 0 Å². The second-order valence-electron chi connectivity index (χ2n) is 12.5. The van der Waals surface area contributed by atoms with Gasteiger partial charge in [-0.25, -0.2) is 20.0 Å². The van der Waals surface area contributed by atoms with Gasteiger partial charge in [-0.3, -0.25) is 0 Å². The predicted molar refractivity (Wildman–Crippen MR) is 231 cm³/mol. The first-order valence-corrected chi connectivity index (χ1v) is 19.6. The molecule has 0 N–H and O–H groups in total. The molecule has 0 saturated heterocycles. The average Bonchev–Trinajstić information content (AvgIpc) is 3.95. The van der Waals surface area contributed by atoms with Gasteiger partial charge in [0.25, 0.3) is 0 Å². The minimum absolute atomic E-state index is 0.810. The summed E-state index contributed by atoms with van der Waals surface area (Å²) < 4.78 is 4.01. The van der Waals surface area contributed by atoms with Crippen molar-refractivity contribution in [2.45, 2.75) is 0 Å². The van der Waals surface area contributed by atoms with Crippen LogP contribution in [0.5, 0.6) is 0 Å². The first-order chi connectivity index (χ1) is 25.3. The van der Waals surface area contributed by atoms with E-state index in [2.05, 4.69) is 173 Å². The molecule has 0 fully saturated rings. The average molecular weight is 928 g/mol. The molecule has 0 spiro atoms. The Morgan fingerprint density at radius 2 is 0.788 bits per heavy atom. The number of allylic oxidation sites excluding steroid dienone is 12.